The minimum atomic E-state index is -1.33. The molecule has 0 aliphatic carbocycles. The number of carbonyl (C=O) groups is 1. The highest BCUT2D eigenvalue weighted by Crippen LogP contribution is 2.23. The number of hydrogen-bond acceptors (Lipinski definition) is 7. The smallest absolute Gasteiger partial charge is 0.407 e. The van der Waals surface area contributed by atoms with E-state index < -0.39 is 36.7 Å². The van der Waals surface area contributed by atoms with Crippen LogP contribution in [-0.4, -0.2) is 53.5 Å². The predicted octanol–water partition coefficient (Wildman–Crippen LogP) is 0.904. The van der Waals surface area contributed by atoms with Gasteiger partial charge in [0.25, 0.3) is 0 Å². The van der Waals surface area contributed by atoms with Gasteiger partial charge in [0.2, 0.25) is 0 Å². The molecule has 5 atom stereocenters. The van der Waals surface area contributed by atoms with Gasteiger partial charge in [-0.2, -0.15) is 0 Å². The molecule has 0 bridgehead atoms. The van der Waals surface area contributed by atoms with E-state index in [1.807, 2.05) is 60.7 Å². The zero-order valence-electron chi connectivity index (χ0n) is 15.9. The molecule has 8 heteroatoms. The summed E-state index contributed by atoms with van der Waals surface area (Å²) in [7, 11) is 0. The molecule has 0 unspecified atom stereocenters. The number of benzene rings is 2. The van der Waals surface area contributed by atoms with Gasteiger partial charge in [-0.1, -0.05) is 60.7 Å². The van der Waals surface area contributed by atoms with Crippen LogP contribution in [0.3, 0.4) is 0 Å². The zero-order valence-corrected chi connectivity index (χ0v) is 15.9. The van der Waals surface area contributed by atoms with Crippen molar-refractivity contribution in [2.24, 2.45) is 5.73 Å². The fraction of sp³-hybridized carbons (Fsp3) is 0.381. The van der Waals surface area contributed by atoms with E-state index in [4.69, 9.17) is 19.9 Å². The molecule has 2 aromatic rings. The predicted molar refractivity (Wildman–Crippen MR) is 105 cm³/mol. The number of nitrogens with one attached hydrogen (secondary N) is 1. The van der Waals surface area contributed by atoms with Crippen LogP contribution in [0.1, 0.15) is 11.1 Å². The van der Waals surface area contributed by atoms with Gasteiger partial charge in [0, 0.05) is 6.54 Å². The van der Waals surface area contributed by atoms with E-state index in [-0.39, 0.29) is 19.8 Å². The van der Waals surface area contributed by atoms with Gasteiger partial charge in [0.15, 0.2) is 6.29 Å². The summed E-state index contributed by atoms with van der Waals surface area (Å²) in [5, 5.41) is 23.3. The molecule has 29 heavy (non-hydrogen) atoms. The third-order valence-electron chi connectivity index (χ3n) is 4.69. The Morgan fingerprint density at radius 2 is 1.55 bits per heavy atom. The molecule has 0 saturated carbocycles. The maximum absolute atomic E-state index is 12.2. The van der Waals surface area contributed by atoms with Crippen molar-refractivity contribution < 1.29 is 29.2 Å². The van der Waals surface area contributed by atoms with Crippen molar-refractivity contribution in [1.82, 2.24) is 5.32 Å². The normalized spacial score (nSPS) is 26.7. The summed E-state index contributed by atoms with van der Waals surface area (Å²) < 4.78 is 16.7. The van der Waals surface area contributed by atoms with Gasteiger partial charge in [0.05, 0.1) is 6.61 Å². The first-order valence-corrected chi connectivity index (χ1v) is 9.43. The van der Waals surface area contributed by atoms with Crippen LogP contribution in [0, 0.1) is 0 Å². The number of rotatable bonds is 7. The molecular weight excluding hydrogens is 376 g/mol. The summed E-state index contributed by atoms with van der Waals surface area (Å²) in [5.41, 5.74) is 7.34. The quantitative estimate of drug-likeness (QED) is 0.543. The topological polar surface area (TPSA) is 123 Å². The van der Waals surface area contributed by atoms with Crippen LogP contribution in [0.2, 0.25) is 0 Å². The van der Waals surface area contributed by atoms with Crippen LogP contribution in [0.25, 0.3) is 0 Å². The lowest BCUT2D eigenvalue weighted by Crippen LogP contribution is -2.65. The summed E-state index contributed by atoms with van der Waals surface area (Å²) in [6.07, 6.45) is -5.18. The van der Waals surface area contributed by atoms with Gasteiger partial charge in [-0.3, -0.25) is 0 Å². The molecular formula is C21H26N2O6. The molecule has 1 fully saturated rings. The molecule has 0 aromatic heterocycles. The van der Waals surface area contributed by atoms with Crippen molar-refractivity contribution in [3.63, 3.8) is 0 Å². The van der Waals surface area contributed by atoms with Crippen LogP contribution in [0.4, 0.5) is 4.79 Å². The van der Waals surface area contributed by atoms with Crippen LogP contribution in [0.15, 0.2) is 60.7 Å². The highest BCUT2D eigenvalue weighted by atomic mass is 16.7. The van der Waals surface area contributed by atoms with Gasteiger partial charge < -0.3 is 35.5 Å². The molecule has 3 rings (SSSR count). The highest BCUT2D eigenvalue weighted by Gasteiger charge is 2.45. The highest BCUT2D eigenvalue weighted by molar-refractivity contribution is 5.67. The summed E-state index contributed by atoms with van der Waals surface area (Å²) in [6.45, 7) is 0.261. The maximum Gasteiger partial charge on any atom is 0.407 e. The van der Waals surface area contributed by atoms with E-state index in [0.29, 0.717) is 0 Å². The molecule has 0 radical (unpaired) electrons. The Morgan fingerprint density at radius 1 is 0.966 bits per heavy atom. The maximum atomic E-state index is 12.2. The summed E-state index contributed by atoms with van der Waals surface area (Å²) >= 11 is 0. The van der Waals surface area contributed by atoms with Gasteiger partial charge in [-0.05, 0) is 11.1 Å². The fourth-order valence-corrected chi connectivity index (χ4v) is 3.08. The van der Waals surface area contributed by atoms with E-state index in [1.165, 1.54) is 0 Å². The van der Waals surface area contributed by atoms with E-state index >= 15 is 0 Å². The van der Waals surface area contributed by atoms with Crippen LogP contribution in [-0.2, 0) is 27.4 Å². The summed E-state index contributed by atoms with van der Waals surface area (Å²) in [6, 6.07) is 17.6. The SMILES string of the molecule is NC[C@H]1O[C@H](OCc2ccccc2)[C@H](NC(=O)OCc2ccccc2)[C@@H](O)[C@@H]1O. The third kappa shape index (κ3) is 5.75. The lowest BCUT2D eigenvalue weighted by molar-refractivity contribution is -0.264. The van der Waals surface area contributed by atoms with E-state index in [1.54, 1.807) is 0 Å². The molecule has 156 valence electrons. The summed E-state index contributed by atoms with van der Waals surface area (Å²) in [4.78, 5) is 12.2. The van der Waals surface area contributed by atoms with Gasteiger partial charge in [-0.15, -0.1) is 0 Å². The van der Waals surface area contributed by atoms with Crippen molar-refractivity contribution in [3.8, 4) is 0 Å². The Morgan fingerprint density at radius 3 is 2.14 bits per heavy atom. The molecule has 1 saturated heterocycles. The van der Waals surface area contributed by atoms with Crippen molar-refractivity contribution in [2.75, 3.05) is 6.54 Å². The number of carbonyl (C=O) groups excluding carboxylic acids is 1. The molecule has 5 N–H and O–H groups in total. The Labute approximate surface area is 169 Å². The Bertz CT molecular complexity index is 760. The Balaban J connectivity index is 1.63. The average Bonchev–Trinajstić information content (AvgIpc) is 2.76. The molecule has 1 aliphatic rings. The second-order valence-electron chi connectivity index (χ2n) is 6.79. The number of hydrogen-bond donors (Lipinski definition) is 4. The molecule has 8 nitrogen and oxygen atoms in total. The lowest BCUT2D eigenvalue weighted by atomic mass is 9.97. The van der Waals surface area contributed by atoms with Crippen LogP contribution >= 0.6 is 0 Å². The Hall–Kier alpha value is -2.49. The minimum absolute atomic E-state index is 0.00536. The van der Waals surface area contributed by atoms with Crippen molar-refractivity contribution in [1.29, 1.82) is 0 Å². The first-order valence-electron chi connectivity index (χ1n) is 9.43. The molecule has 2 aromatic carbocycles. The standard InChI is InChI=1S/C21H26N2O6/c22-11-16-18(24)19(25)17(20(29-16)27-12-14-7-3-1-4-8-14)23-21(26)28-13-15-9-5-2-6-10-15/h1-10,16-20,24-25H,11-13,22H2,(H,23,26)/t16-,17-,18-,19-,20+/m1/s1. The van der Waals surface area contributed by atoms with Crippen molar-refractivity contribution in [3.05, 3.63) is 71.8 Å². The minimum Gasteiger partial charge on any atom is -0.445 e. The number of ether oxygens (including phenoxy) is 3. The second kappa shape index (κ2) is 10.3. The third-order valence-corrected chi connectivity index (χ3v) is 4.69. The van der Waals surface area contributed by atoms with Gasteiger partial charge in [0.1, 0.15) is 31.0 Å². The van der Waals surface area contributed by atoms with Crippen LogP contribution < -0.4 is 11.1 Å². The Kier molecular flexibility index (Phi) is 7.56. The second-order valence-corrected chi connectivity index (χ2v) is 6.79. The number of nitrogens with two attached hydrogens (primary N) is 1. The van der Waals surface area contributed by atoms with E-state index in [0.717, 1.165) is 11.1 Å². The molecule has 0 spiro atoms. The van der Waals surface area contributed by atoms with Gasteiger partial charge in [-0.25, -0.2) is 4.79 Å². The number of aliphatic hydroxyl groups is 2. The van der Waals surface area contributed by atoms with Gasteiger partial charge >= 0.3 is 6.09 Å². The monoisotopic (exact) mass is 402 g/mol. The van der Waals surface area contributed by atoms with Crippen LogP contribution in [0.5, 0.6) is 0 Å². The fourth-order valence-electron chi connectivity index (χ4n) is 3.08. The largest absolute Gasteiger partial charge is 0.445 e. The molecule has 1 heterocycles. The molecule has 1 aliphatic heterocycles. The summed E-state index contributed by atoms with van der Waals surface area (Å²) in [5.74, 6) is 0. The zero-order chi connectivity index (χ0) is 20.6. The number of alkyl carbamates (subject to hydrolysis) is 1. The van der Waals surface area contributed by atoms with E-state index in [2.05, 4.69) is 5.32 Å². The lowest BCUT2D eigenvalue weighted by Gasteiger charge is -2.42. The van der Waals surface area contributed by atoms with E-state index in [9.17, 15) is 15.0 Å². The van der Waals surface area contributed by atoms with Crippen molar-refractivity contribution in [2.45, 2.75) is 43.9 Å². The first kappa shape index (κ1) is 21.2. The average molecular weight is 402 g/mol. The number of aliphatic hydroxyl groups excluding tert-OH is 2. The molecule has 1 amide bonds. The first-order chi connectivity index (χ1) is 14.1. The van der Waals surface area contributed by atoms with Crippen molar-refractivity contribution >= 4 is 6.09 Å². The number of amides is 1.